The zero-order chi connectivity index (χ0) is 9.68. The molecule has 0 spiro atoms. The van der Waals surface area contributed by atoms with Crippen LogP contribution in [0.3, 0.4) is 0 Å². The van der Waals surface area contributed by atoms with Crippen LogP contribution in [0.15, 0.2) is 6.20 Å². The summed E-state index contributed by atoms with van der Waals surface area (Å²) in [5, 5.41) is 0. The lowest BCUT2D eigenvalue weighted by Crippen LogP contribution is -2.01. The maximum Gasteiger partial charge on any atom is 0.167 e. The van der Waals surface area contributed by atoms with E-state index in [1.165, 1.54) is 6.20 Å². The minimum Gasteiger partial charge on any atom is -0.381 e. The molecule has 0 aliphatic heterocycles. The van der Waals surface area contributed by atoms with Crippen molar-refractivity contribution in [1.29, 1.82) is 0 Å². The fourth-order valence-electron chi connectivity index (χ4n) is 0.682. The normalized spacial score (nSPS) is 9.00. The molecule has 4 N–H and O–H groups in total. The number of rotatable bonds is 1. The van der Waals surface area contributed by atoms with E-state index >= 15 is 0 Å². The molecule has 0 unspecified atom stereocenters. The molecule has 1 aromatic rings. The number of nitrogen functional groups attached to an aromatic ring is 2. The fourth-order valence-corrected chi connectivity index (χ4v) is 0.794. The molecule has 0 saturated carbocycles. The van der Waals surface area contributed by atoms with Gasteiger partial charge < -0.3 is 11.5 Å². The van der Waals surface area contributed by atoms with Gasteiger partial charge in [-0.1, -0.05) is 5.92 Å². The molecule has 0 aliphatic carbocycles. The van der Waals surface area contributed by atoms with Crippen molar-refractivity contribution in [2.75, 3.05) is 17.2 Å². The van der Waals surface area contributed by atoms with Gasteiger partial charge in [-0.05, 0) is 5.92 Å². The molecule has 0 radical (unpaired) electrons. The molecule has 0 aromatic carbocycles. The topological polar surface area (TPSA) is 77.8 Å². The quantitative estimate of drug-likeness (QED) is 0.444. The van der Waals surface area contributed by atoms with Crippen molar-refractivity contribution in [3.05, 3.63) is 11.9 Å². The van der Waals surface area contributed by atoms with Gasteiger partial charge in [0.05, 0.1) is 6.20 Å². The van der Waals surface area contributed by atoms with E-state index in [1.54, 1.807) is 0 Å². The van der Waals surface area contributed by atoms with E-state index in [0.29, 0.717) is 5.69 Å². The molecule has 1 heterocycles. The predicted molar refractivity (Wildman–Crippen MR) is 56.2 cm³/mol. The van der Waals surface area contributed by atoms with Crippen LogP contribution >= 0.6 is 12.6 Å². The summed E-state index contributed by atoms with van der Waals surface area (Å²) >= 11 is 4.02. The van der Waals surface area contributed by atoms with E-state index in [4.69, 9.17) is 11.5 Å². The molecule has 0 amide bonds. The monoisotopic (exact) mass is 194 g/mol. The second-order valence-corrected chi connectivity index (χ2v) is 2.75. The van der Waals surface area contributed by atoms with Crippen molar-refractivity contribution in [3.8, 4) is 11.8 Å². The first kappa shape index (κ1) is 9.68. The SMILES string of the molecule is Nc1ncc(C#CCCS)nc1N. The lowest BCUT2D eigenvalue weighted by atomic mass is 10.4. The van der Waals surface area contributed by atoms with Crippen LogP contribution < -0.4 is 11.5 Å². The first-order chi connectivity index (χ1) is 6.24. The van der Waals surface area contributed by atoms with Gasteiger partial charge in [-0.2, -0.15) is 12.6 Å². The second kappa shape index (κ2) is 4.58. The Kier molecular flexibility index (Phi) is 3.41. The van der Waals surface area contributed by atoms with Crippen molar-refractivity contribution in [2.24, 2.45) is 0 Å². The first-order valence-corrected chi connectivity index (χ1v) is 4.35. The molecule has 1 rings (SSSR count). The Morgan fingerprint density at radius 2 is 2.15 bits per heavy atom. The van der Waals surface area contributed by atoms with Gasteiger partial charge in [-0.15, -0.1) is 0 Å². The number of aromatic nitrogens is 2. The molecule has 13 heavy (non-hydrogen) atoms. The second-order valence-electron chi connectivity index (χ2n) is 2.30. The first-order valence-electron chi connectivity index (χ1n) is 3.71. The summed E-state index contributed by atoms with van der Waals surface area (Å²) in [7, 11) is 0. The van der Waals surface area contributed by atoms with Gasteiger partial charge in [0.2, 0.25) is 0 Å². The van der Waals surface area contributed by atoms with Crippen LogP contribution in [0.1, 0.15) is 12.1 Å². The highest BCUT2D eigenvalue weighted by atomic mass is 32.1. The summed E-state index contributed by atoms with van der Waals surface area (Å²) in [6.45, 7) is 0. The predicted octanol–water partition coefficient (Wildman–Crippen LogP) is 0.312. The summed E-state index contributed by atoms with van der Waals surface area (Å²) in [6, 6.07) is 0. The Morgan fingerprint density at radius 3 is 2.77 bits per heavy atom. The molecule has 0 bridgehead atoms. The molecule has 0 saturated heterocycles. The van der Waals surface area contributed by atoms with E-state index in [9.17, 15) is 0 Å². The standard InChI is InChI=1S/C8H10N4S/c9-7-8(10)12-6(5-11-7)3-1-2-4-13/h5,13H,2,4H2,(H2,9,11)(H2,10,12). The molecule has 4 nitrogen and oxygen atoms in total. The highest BCUT2D eigenvalue weighted by molar-refractivity contribution is 7.80. The highest BCUT2D eigenvalue weighted by Crippen LogP contribution is 2.05. The number of thiol groups is 1. The van der Waals surface area contributed by atoms with Crippen LogP contribution in [0.2, 0.25) is 0 Å². The van der Waals surface area contributed by atoms with Crippen LogP contribution in [-0.2, 0) is 0 Å². The van der Waals surface area contributed by atoms with Crippen LogP contribution in [-0.4, -0.2) is 15.7 Å². The van der Waals surface area contributed by atoms with Gasteiger partial charge in [0.25, 0.3) is 0 Å². The third-order valence-electron chi connectivity index (χ3n) is 1.28. The molecular formula is C8H10N4S. The summed E-state index contributed by atoms with van der Waals surface area (Å²) < 4.78 is 0. The molecule has 1 aromatic heterocycles. The molecule has 0 atom stereocenters. The van der Waals surface area contributed by atoms with Gasteiger partial charge in [-0.3, -0.25) is 0 Å². The van der Waals surface area contributed by atoms with Gasteiger partial charge in [-0.25, -0.2) is 9.97 Å². The van der Waals surface area contributed by atoms with Gasteiger partial charge in [0.1, 0.15) is 5.69 Å². The van der Waals surface area contributed by atoms with Crippen molar-refractivity contribution in [1.82, 2.24) is 9.97 Å². The fraction of sp³-hybridized carbons (Fsp3) is 0.250. The number of anilines is 2. The van der Waals surface area contributed by atoms with E-state index in [0.717, 1.165) is 12.2 Å². The van der Waals surface area contributed by atoms with Crippen LogP contribution in [0.4, 0.5) is 11.6 Å². The van der Waals surface area contributed by atoms with Crippen molar-refractivity contribution < 1.29 is 0 Å². The van der Waals surface area contributed by atoms with Crippen LogP contribution in [0.5, 0.6) is 0 Å². The van der Waals surface area contributed by atoms with Crippen LogP contribution in [0.25, 0.3) is 0 Å². The zero-order valence-corrected chi connectivity index (χ0v) is 7.88. The van der Waals surface area contributed by atoms with Crippen molar-refractivity contribution >= 4 is 24.3 Å². The third kappa shape index (κ3) is 2.84. The smallest absolute Gasteiger partial charge is 0.167 e. The molecule has 0 aliphatic rings. The average Bonchev–Trinajstić information content (AvgIpc) is 2.12. The van der Waals surface area contributed by atoms with E-state index in [-0.39, 0.29) is 11.6 Å². The van der Waals surface area contributed by atoms with E-state index in [2.05, 4.69) is 34.4 Å². The van der Waals surface area contributed by atoms with Gasteiger partial charge in [0.15, 0.2) is 11.6 Å². The van der Waals surface area contributed by atoms with E-state index < -0.39 is 0 Å². The third-order valence-corrected chi connectivity index (χ3v) is 1.51. The Morgan fingerprint density at radius 1 is 1.38 bits per heavy atom. The van der Waals surface area contributed by atoms with E-state index in [1.807, 2.05) is 0 Å². The largest absolute Gasteiger partial charge is 0.381 e. The average molecular weight is 194 g/mol. The minimum atomic E-state index is 0.220. The summed E-state index contributed by atoms with van der Waals surface area (Å²) in [4.78, 5) is 7.76. The highest BCUT2D eigenvalue weighted by Gasteiger charge is 1.96. The Balaban J connectivity index is 2.81. The molecule has 68 valence electrons. The molecule has 0 fully saturated rings. The maximum absolute atomic E-state index is 5.44. The number of hydrogen-bond donors (Lipinski definition) is 3. The van der Waals surface area contributed by atoms with Crippen molar-refractivity contribution in [2.45, 2.75) is 6.42 Å². The Hall–Kier alpha value is -1.41. The number of nitrogens with zero attached hydrogens (tertiary/aromatic N) is 2. The summed E-state index contributed by atoms with van der Waals surface area (Å²) in [5.41, 5.74) is 11.4. The number of hydrogen-bond acceptors (Lipinski definition) is 5. The van der Waals surface area contributed by atoms with Gasteiger partial charge in [0, 0.05) is 12.2 Å². The molecular weight excluding hydrogens is 184 g/mol. The van der Waals surface area contributed by atoms with Crippen molar-refractivity contribution in [3.63, 3.8) is 0 Å². The van der Waals surface area contributed by atoms with Gasteiger partial charge >= 0.3 is 0 Å². The molecule has 5 heteroatoms. The summed E-state index contributed by atoms with van der Waals surface area (Å²) in [5.74, 6) is 6.86. The summed E-state index contributed by atoms with van der Waals surface area (Å²) in [6.07, 6.45) is 2.21. The lowest BCUT2D eigenvalue weighted by molar-refractivity contribution is 1.19. The lowest BCUT2D eigenvalue weighted by Gasteiger charge is -1.96. The number of nitrogens with two attached hydrogens (primary N) is 2. The maximum atomic E-state index is 5.44. The Labute approximate surface area is 82.2 Å². The van der Waals surface area contributed by atoms with Crippen LogP contribution in [0, 0.1) is 11.8 Å². The Bertz CT molecular complexity index is 353. The zero-order valence-electron chi connectivity index (χ0n) is 6.99. The minimum absolute atomic E-state index is 0.220.